The maximum atomic E-state index is 12.8. The first-order valence-corrected chi connectivity index (χ1v) is 9.06. The van der Waals surface area contributed by atoms with E-state index in [-0.39, 0.29) is 11.9 Å². The highest BCUT2D eigenvalue weighted by Crippen LogP contribution is 2.30. The molecular weight excluding hydrogens is 336 g/mol. The number of nitriles is 1. The maximum absolute atomic E-state index is 12.8. The van der Waals surface area contributed by atoms with Crippen LogP contribution in [-0.4, -0.2) is 33.4 Å². The molecule has 1 unspecified atom stereocenters. The van der Waals surface area contributed by atoms with E-state index in [9.17, 15) is 4.79 Å². The molecule has 2 heterocycles. The first-order chi connectivity index (χ1) is 13.2. The minimum absolute atomic E-state index is 0.0148. The number of aromatic nitrogens is 2. The molecule has 1 aliphatic heterocycles. The zero-order valence-electron chi connectivity index (χ0n) is 15.2. The van der Waals surface area contributed by atoms with Gasteiger partial charge >= 0.3 is 0 Å². The van der Waals surface area contributed by atoms with E-state index in [1.807, 2.05) is 29.3 Å². The second kappa shape index (κ2) is 7.08. The standard InChI is InChI=1S/C22H20N4O/c1-16-14-24-21(18-5-3-2-4-6-18)26(16)20-11-12-25(15-20)22(27)19-9-7-17(13-23)8-10-19/h2-10,14,20H,11-12,15H2,1H3. The van der Waals surface area contributed by atoms with Crippen LogP contribution in [0.2, 0.25) is 0 Å². The van der Waals surface area contributed by atoms with Crippen LogP contribution < -0.4 is 0 Å². The third-order valence-corrected chi connectivity index (χ3v) is 5.09. The van der Waals surface area contributed by atoms with E-state index in [0.29, 0.717) is 17.7 Å². The number of carbonyl (C=O) groups excluding carboxylic acids is 1. The largest absolute Gasteiger partial charge is 0.336 e. The summed E-state index contributed by atoms with van der Waals surface area (Å²) in [6.07, 6.45) is 2.80. The highest BCUT2D eigenvalue weighted by Gasteiger charge is 2.30. The molecule has 0 saturated carbocycles. The normalized spacial score (nSPS) is 16.3. The molecular formula is C22H20N4O. The summed E-state index contributed by atoms with van der Waals surface area (Å²) < 4.78 is 2.25. The van der Waals surface area contributed by atoms with E-state index in [4.69, 9.17) is 5.26 Å². The van der Waals surface area contributed by atoms with Crippen molar-refractivity contribution in [2.24, 2.45) is 0 Å². The fraction of sp³-hybridized carbons (Fsp3) is 0.227. The van der Waals surface area contributed by atoms with Crippen LogP contribution >= 0.6 is 0 Å². The summed E-state index contributed by atoms with van der Waals surface area (Å²) >= 11 is 0. The number of rotatable bonds is 3. The van der Waals surface area contributed by atoms with Crippen LogP contribution in [0.4, 0.5) is 0 Å². The Bertz CT molecular complexity index is 999. The van der Waals surface area contributed by atoms with Crippen molar-refractivity contribution in [3.8, 4) is 17.5 Å². The zero-order valence-corrected chi connectivity index (χ0v) is 15.2. The van der Waals surface area contributed by atoms with Gasteiger partial charge in [-0.25, -0.2) is 4.98 Å². The first kappa shape index (κ1) is 17.0. The van der Waals surface area contributed by atoms with Crippen LogP contribution in [-0.2, 0) is 0 Å². The van der Waals surface area contributed by atoms with E-state index in [1.165, 1.54) is 0 Å². The molecule has 1 atom stereocenters. The summed E-state index contributed by atoms with van der Waals surface area (Å²) in [6.45, 7) is 3.44. The van der Waals surface area contributed by atoms with Crippen LogP contribution in [0.5, 0.6) is 0 Å². The predicted molar refractivity (Wildman–Crippen MR) is 103 cm³/mol. The predicted octanol–water partition coefficient (Wildman–Crippen LogP) is 3.82. The fourth-order valence-corrected chi connectivity index (χ4v) is 3.71. The molecule has 1 fully saturated rings. The minimum atomic E-state index is 0.0148. The van der Waals surface area contributed by atoms with Gasteiger partial charge in [0.15, 0.2) is 0 Å². The maximum Gasteiger partial charge on any atom is 0.253 e. The lowest BCUT2D eigenvalue weighted by molar-refractivity contribution is 0.0787. The number of aryl methyl sites for hydroxylation is 1. The van der Waals surface area contributed by atoms with Crippen molar-refractivity contribution >= 4 is 5.91 Å². The van der Waals surface area contributed by atoms with E-state index in [2.05, 4.69) is 34.7 Å². The highest BCUT2D eigenvalue weighted by molar-refractivity contribution is 5.94. The minimum Gasteiger partial charge on any atom is -0.336 e. The molecule has 0 bridgehead atoms. The number of imidazole rings is 1. The molecule has 5 heteroatoms. The van der Waals surface area contributed by atoms with Crippen molar-refractivity contribution in [3.63, 3.8) is 0 Å². The first-order valence-electron chi connectivity index (χ1n) is 9.06. The SMILES string of the molecule is Cc1cnc(-c2ccccc2)n1C1CCN(C(=O)c2ccc(C#N)cc2)C1. The summed E-state index contributed by atoms with van der Waals surface area (Å²) in [5, 5.41) is 8.91. The average molecular weight is 356 g/mol. The van der Waals surface area contributed by atoms with Gasteiger partial charge in [0.2, 0.25) is 0 Å². The summed E-state index contributed by atoms with van der Waals surface area (Å²) in [5.41, 5.74) is 3.38. The van der Waals surface area contributed by atoms with E-state index < -0.39 is 0 Å². The fourth-order valence-electron chi connectivity index (χ4n) is 3.71. The Labute approximate surface area is 158 Å². The van der Waals surface area contributed by atoms with Crippen molar-refractivity contribution in [2.45, 2.75) is 19.4 Å². The third-order valence-electron chi connectivity index (χ3n) is 5.09. The molecule has 134 valence electrons. The van der Waals surface area contributed by atoms with E-state index >= 15 is 0 Å². The topological polar surface area (TPSA) is 61.9 Å². The Morgan fingerprint density at radius 3 is 2.59 bits per heavy atom. The van der Waals surface area contributed by atoms with E-state index in [1.54, 1.807) is 24.3 Å². The molecule has 3 aromatic rings. The molecule has 0 radical (unpaired) electrons. The van der Waals surface area contributed by atoms with Gasteiger partial charge in [0.25, 0.3) is 5.91 Å². The van der Waals surface area contributed by atoms with E-state index in [0.717, 1.165) is 30.0 Å². The van der Waals surface area contributed by atoms with Crippen LogP contribution in [0.1, 0.15) is 34.1 Å². The third kappa shape index (κ3) is 3.22. The molecule has 4 rings (SSSR count). The molecule has 2 aromatic carbocycles. The number of hydrogen-bond acceptors (Lipinski definition) is 3. The molecule has 0 N–H and O–H groups in total. The van der Waals surface area contributed by atoms with Crippen molar-refractivity contribution < 1.29 is 4.79 Å². The number of nitrogens with zero attached hydrogens (tertiary/aromatic N) is 4. The van der Waals surface area contributed by atoms with Gasteiger partial charge in [-0.15, -0.1) is 0 Å². The summed E-state index contributed by atoms with van der Waals surface area (Å²) in [4.78, 5) is 19.3. The molecule has 0 spiro atoms. The zero-order chi connectivity index (χ0) is 18.8. The lowest BCUT2D eigenvalue weighted by Crippen LogP contribution is -2.29. The van der Waals surface area contributed by atoms with Crippen LogP contribution in [0.15, 0.2) is 60.8 Å². The monoisotopic (exact) mass is 356 g/mol. The number of carbonyl (C=O) groups is 1. The Morgan fingerprint density at radius 1 is 1.15 bits per heavy atom. The summed E-state index contributed by atoms with van der Waals surface area (Å²) in [6, 6.07) is 19.3. The summed E-state index contributed by atoms with van der Waals surface area (Å²) in [7, 11) is 0. The van der Waals surface area contributed by atoms with Crippen molar-refractivity contribution in [1.82, 2.24) is 14.5 Å². The average Bonchev–Trinajstić information content (AvgIpc) is 3.34. The Morgan fingerprint density at radius 2 is 1.89 bits per heavy atom. The van der Waals surface area contributed by atoms with Gasteiger partial charge in [-0.05, 0) is 37.6 Å². The molecule has 1 saturated heterocycles. The van der Waals surface area contributed by atoms with Crippen molar-refractivity contribution in [3.05, 3.63) is 77.6 Å². The smallest absolute Gasteiger partial charge is 0.253 e. The number of amides is 1. The van der Waals surface area contributed by atoms with Gasteiger partial charge in [0, 0.05) is 36.1 Å². The lowest BCUT2D eigenvalue weighted by Gasteiger charge is -2.20. The Hall–Kier alpha value is -3.39. The van der Waals surface area contributed by atoms with Crippen LogP contribution in [0.3, 0.4) is 0 Å². The van der Waals surface area contributed by atoms with Gasteiger partial charge < -0.3 is 9.47 Å². The summed E-state index contributed by atoms with van der Waals surface area (Å²) in [5.74, 6) is 0.965. The van der Waals surface area contributed by atoms with Crippen LogP contribution in [0, 0.1) is 18.3 Å². The molecule has 1 aliphatic rings. The van der Waals surface area contributed by atoms with Crippen molar-refractivity contribution in [1.29, 1.82) is 5.26 Å². The lowest BCUT2D eigenvalue weighted by atomic mass is 10.1. The molecule has 5 nitrogen and oxygen atoms in total. The van der Waals surface area contributed by atoms with Crippen LogP contribution in [0.25, 0.3) is 11.4 Å². The van der Waals surface area contributed by atoms with Gasteiger partial charge in [-0.1, -0.05) is 30.3 Å². The molecule has 27 heavy (non-hydrogen) atoms. The molecule has 1 amide bonds. The Balaban J connectivity index is 1.56. The van der Waals surface area contributed by atoms with Gasteiger partial charge in [0.1, 0.15) is 5.82 Å². The highest BCUT2D eigenvalue weighted by atomic mass is 16.2. The number of likely N-dealkylation sites (tertiary alicyclic amines) is 1. The number of hydrogen-bond donors (Lipinski definition) is 0. The second-order valence-electron chi connectivity index (χ2n) is 6.84. The van der Waals surface area contributed by atoms with Gasteiger partial charge in [-0.3, -0.25) is 4.79 Å². The van der Waals surface area contributed by atoms with Crippen molar-refractivity contribution in [2.75, 3.05) is 13.1 Å². The number of benzene rings is 2. The van der Waals surface area contributed by atoms with Gasteiger partial charge in [-0.2, -0.15) is 5.26 Å². The second-order valence-corrected chi connectivity index (χ2v) is 6.84. The van der Waals surface area contributed by atoms with Gasteiger partial charge in [0.05, 0.1) is 17.7 Å². The molecule has 1 aromatic heterocycles. The Kier molecular flexibility index (Phi) is 4.47. The molecule has 0 aliphatic carbocycles. The quantitative estimate of drug-likeness (QED) is 0.717.